The predicted octanol–water partition coefficient (Wildman–Crippen LogP) is 4.43. The van der Waals surface area contributed by atoms with E-state index in [-0.39, 0.29) is 17.9 Å². The molecular weight excluding hydrogens is 314 g/mol. The van der Waals surface area contributed by atoms with Gasteiger partial charge in [0.15, 0.2) is 0 Å². The molecule has 0 spiro atoms. The van der Waals surface area contributed by atoms with Gasteiger partial charge in [0, 0.05) is 12.5 Å². The molecule has 130 valence electrons. The summed E-state index contributed by atoms with van der Waals surface area (Å²) in [6, 6.07) is 19.6. The number of benzene rings is 2. The maximum absolute atomic E-state index is 12.6. The Morgan fingerprint density at radius 1 is 1.12 bits per heavy atom. The van der Waals surface area contributed by atoms with Gasteiger partial charge in [-0.25, -0.2) is 0 Å². The van der Waals surface area contributed by atoms with Gasteiger partial charge < -0.3 is 14.5 Å². The molecule has 4 heteroatoms. The lowest BCUT2D eigenvalue weighted by molar-refractivity contribution is -0.123. The molecule has 1 heterocycles. The average molecular weight is 337 g/mol. The Hall–Kier alpha value is -2.59. The van der Waals surface area contributed by atoms with Crippen LogP contribution in [-0.4, -0.2) is 19.6 Å². The van der Waals surface area contributed by atoms with E-state index in [1.807, 2.05) is 67.6 Å². The topological polar surface area (TPSA) is 51.5 Å². The first-order valence-electron chi connectivity index (χ1n) is 8.56. The summed E-state index contributed by atoms with van der Waals surface area (Å²) in [6.45, 7) is 2.39. The molecule has 1 amide bonds. The Labute approximate surface area is 147 Å². The van der Waals surface area contributed by atoms with Crippen molar-refractivity contribution in [3.63, 3.8) is 0 Å². The molecule has 0 saturated carbocycles. The third kappa shape index (κ3) is 3.91. The van der Waals surface area contributed by atoms with Gasteiger partial charge in [0.1, 0.15) is 17.4 Å². The van der Waals surface area contributed by atoms with E-state index in [1.54, 1.807) is 7.11 Å². The van der Waals surface area contributed by atoms with Crippen LogP contribution in [0.25, 0.3) is 11.0 Å². The Morgan fingerprint density at radius 2 is 1.84 bits per heavy atom. The van der Waals surface area contributed by atoms with E-state index in [0.29, 0.717) is 6.54 Å². The molecule has 0 unspecified atom stereocenters. The second kappa shape index (κ2) is 7.99. The van der Waals surface area contributed by atoms with Gasteiger partial charge in [-0.05, 0) is 24.1 Å². The lowest BCUT2D eigenvalue weighted by Crippen LogP contribution is -2.33. The summed E-state index contributed by atoms with van der Waals surface area (Å²) >= 11 is 0. The molecule has 0 aliphatic carbocycles. The van der Waals surface area contributed by atoms with E-state index >= 15 is 0 Å². The molecule has 3 aromatic rings. The minimum absolute atomic E-state index is 0.00635. The van der Waals surface area contributed by atoms with Crippen molar-refractivity contribution in [3.8, 4) is 0 Å². The summed E-state index contributed by atoms with van der Waals surface area (Å²) in [7, 11) is 1.62. The molecule has 2 atom stereocenters. The Bertz CT molecular complexity index is 792. The largest absolute Gasteiger partial charge is 0.458 e. The Balaban J connectivity index is 1.68. The summed E-state index contributed by atoms with van der Waals surface area (Å²) in [6.07, 6.45) is 0.433. The molecule has 0 fully saturated rings. The van der Waals surface area contributed by atoms with E-state index < -0.39 is 0 Å². The van der Waals surface area contributed by atoms with Gasteiger partial charge in [-0.15, -0.1) is 0 Å². The number of carbonyl (C=O) groups excluding carboxylic acids is 1. The van der Waals surface area contributed by atoms with E-state index in [0.717, 1.165) is 28.7 Å². The minimum atomic E-state index is -0.315. The lowest BCUT2D eigenvalue weighted by atomic mass is 9.95. The van der Waals surface area contributed by atoms with Crippen LogP contribution in [0.4, 0.5) is 0 Å². The predicted molar refractivity (Wildman–Crippen MR) is 98.4 cm³/mol. The molecule has 2 aromatic carbocycles. The van der Waals surface area contributed by atoms with Crippen molar-refractivity contribution in [2.45, 2.75) is 25.4 Å². The number of amides is 1. The number of nitrogens with one attached hydrogen (secondary N) is 1. The minimum Gasteiger partial charge on any atom is -0.458 e. The van der Waals surface area contributed by atoms with E-state index in [9.17, 15) is 4.79 Å². The summed E-state index contributed by atoms with van der Waals surface area (Å²) in [5.74, 6) is 0.568. The molecular formula is C21H23NO3. The standard InChI is InChI=1S/C21H23NO3/c1-3-17(15-9-5-4-6-10-15)21(23)22-14-20(24-2)19-13-16-11-7-8-12-18(16)25-19/h4-13,17,20H,3,14H2,1-2H3,(H,22,23)/t17-,20-/m1/s1. The number of rotatable bonds is 7. The number of hydrogen-bond donors (Lipinski definition) is 1. The van der Waals surface area contributed by atoms with E-state index in [1.165, 1.54) is 0 Å². The number of fused-ring (bicyclic) bond motifs is 1. The van der Waals surface area contributed by atoms with E-state index in [2.05, 4.69) is 5.32 Å². The normalized spacial score (nSPS) is 13.5. The summed E-state index contributed by atoms with van der Waals surface area (Å²) < 4.78 is 11.4. The van der Waals surface area contributed by atoms with Crippen LogP contribution in [0.2, 0.25) is 0 Å². The molecule has 0 bridgehead atoms. The highest BCUT2D eigenvalue weighted by atomic mass is 16.5. The van der Waals surface area contributed by atoms with Crippen molar-refractivity contribution in [3.05, 3.63) is 72.0 Å². The zero-order chi connectivity index (χ0) is 17.6. The summed E-state index contributed by atoms with van der Waals surface area (Å²) in [4.78, 5) is 12.6. The number of carbonyl (C=O) groups is 1. The van der Waals surface area contributed by atoms with Gasteiger partial charge in [0.05, 0.1) is 12.5 Å². The first kappa shape index (κ1) is 17.2. The highest BCUT2D eigenvalue weighted by molar-refractivity contribution is 5.83. The monoisotopic (exact) mass is 337 g/mol. The van der Waals surface area contributed by atoms with Crippen molar-refractivity contribution < 1.29 is 13.9 Å². The number of hydrogen-bond acceptors (Lipinski definition) is 3. The quantitative estimate of drug-likeness (QED) is 0.694. The fourth-order valence-electron chi connectivity index (χ4n) is 3.04. The number of ether oxygens (including phenoxy) is 1. The zero-order valence-corrected chi connectivity index (χ0v) is 14.6. The zero-order valence-electron chi connectivity index (χ0n) is 14.6. The fraction of sp³-hybridized carbons (Fsp3) is 0.286. The molecule has 0 aliphatic heterocycles. The van der Waals surface area contributed by atoms with Crippen LogP contribution in [0.5, 0.6) is 0 Å². The molecule has 0 aliphatic rings. The second-order valence-corrected chi connectivity index (χ2v) is 6.03. The van der Waals surface area contributed by atoms with Crippen LogP contribution in [0, 0.1) is 0 Å². The Kier molecular flexibility index (Phi) is 5.51. The van der Waals surface area contributed by atoms with Gasteiger partial charge in [-0.1, -0.05) is 55.5 Å². The van der Waals surface area contributed by atoms with Crippen LogP contribution >= 0.6 is 0 Å². The lowest BCUT2D eigenvalue weighted by Gasteiger charge is -2.18. The van der Waals surface area contributed by atoms with Crippen LogP contribution < -0.4 is 5.32 Å². The van der Waals surface area contributed by atoms with Gasteiger partial charge in [-0.3, -0.25) is 4.79 Å². The second-order valence-electron chi connectivity index (χ2n) is 6.03. The molecule has 3 rings (SSSR count). The summed E-state index contributed by atoms with van der Waals surface area (Å²) in [5, 5.41) is 4.03. The highest BCUT2D eigenvalue weighted by Crippen LogP contribution is 2.26. The number of methoxy groups -OCH3 is 1. The maximum atomic E-state index is 12.6. The number of furan rings is 1. The van der Waals surface area contributed by atoms with Crippen LogP contribution in [0.15, 0.2) is 65.1 Å². The molecule has 1 aromatic heterocycles. The van der Waals surface area contributed by atoms with Crippen molar-refractivity contribution in [2.75, 3.05) is 13.7 Å². The van der Waals surface area contributed by atoms with Gasteiger partial charge in [0.25, 0.3) is 0 Å². The SMILES string of the molecule is CC[C@@H](C(=O)NC[C@@H](OC)c1cc2ccccc2o1)c1ccccc1. The van der Waals surface area contributed by atoms with Crippen LogP contribution in [-0.2, 0) is 9.53 Å². The molecule has 0 saturated heterocycles. The third-order valence-electron chi connectivity index (χ3n) is 4.43. The molecule has 1 N–H and O–H groups in total. The van der Waals surface area contributed by atoms with Gasteiger partial charge in [-0.2, -0.15) is 0 Å². The first-order chi connectivity index (χ1) is 12.2. The molecule has 4 nitrogen and oxygen atoms in total. The van der Waals surface area contributed by atoms with Crippen molar-refractivity contribution in [2.24, 2.45) is 0 Å². The maximum Gasteiger partial charge on any atom is 0.227 e. The van der Waals surface area contributed by atoms with Crippen molar-refractivity contribution >= 4 is 16.9 Å². The van der Waals surface area contributed by atoms with Gasteiger partial charge in [0.2, 0.25) is 5.91 Å². The van der Waals surface area contributed by atoms with Crippen molar-refractivity contribution in [1.29, 1.82) is 0 Å². The Morgan fingerprint density at radius 3 is 2.52 bits per heavy atom. The highest BCUT2D eigenvalue weighted by Gasteiger charge is 2.21. The average Bonchev–Trinajstić information content (AvgIpc) is 3.07. The van der Waals surface area contributed by atoms with Crippen molar-refractivity contribution in [1.82, 2.24) is 5.32 Å². The van der Waals surface area contributed by atoms with Crippen LogP contribution in [0.1, 0.15) is 36.7 Å². The smallest absolute Gasteiger partial charge is 0.227 e. The molecule has 0 radical (unpaired) electrons. The third-order valence-corrected chi connectivity index (χ3v) is 4.43. The van der Waals surface area contributed by atoms with Gasteiger partial charge >= 0.3 is 0 Å². The fourth-order valence-corrected chi connectivity index (χ4v) is 3.04. The first-order valence-corrected chi connectivity index (χ1v) is 8.56. The summed E-state index contributed by atoms with van der Waals surface area (Å²) in [5.41, 5.74) is 1.85. The number of para-hydroxylation sites is 1. The van der Waals surface area contributed by atoms with E-state index in [4.69, 9.17) is 9.15 Å². The molecule has 25 heavy (non-hydrogen) atoms. The van der Waals surface area contributed by atoms with Crippen LogP contribution in [0.3, 0.4) is 0 Å².